The number of nitrogens with one attached hydrogen (secondary N) is 1. The molecule has 1 amide bonds. The Morgan fingerprint density at radius 3 is 2.54 bits per heavy atom. The molecule has 1 aromatic heterocycles. The molecule has 2 aromatic rings. The predicted octanol–water partition coefficient (Wildman–Crippen LogP) is 2.88. The molecule has 1 atom stereocenters. The van der Waals surface area contributed by atoms with Crippen molar-refractivity contribution in [1.29, 1.82) is 0 Å². The lowest BCUT2D eigenvalue weighted by Gasteiger charge is -2.23. The van der Waals surface area contributed by atoms with E-state index < -0.39 is 0 Å². The second-order valence-corrected chi connectivity index (χ2v) is 6.97. The minimum atomic E-state index is -0.174. The Morgan fingerprint density at radius 2 is 1.88 bits per heavy atom. The van der Waals surface area contributed by atoms with Crippen molar-refractivity contribution >= 4 is 11.7 Å². The highest BCUT2D eigenvalue weighted by molar-refractivity contribution is 5.99. The first kappa shape index (κ1) is 16.7. The number of hydrogen-bond acceptors (Lipinski definition) is 4. The fraction of sp³-hybridized carbons (Fsp3) is 0.400. The van der Waals surface area contributed by atoms with Gasteiger partial charge in [0.15, 0.2) is 17.3 Å². The number of ketones is 1. The van der Waals surface area contributed by atoms with Gasteiger partial charge >= 0.3 is 0 Å². The lowest BCUT2D eigenvalue weighted by Crippen LogP contribution is -2.31. The van der Waals surface area contributed by atoms with Gasteiger partial charge in [-0.3, -0.25) is 9.59 Å². The summed E-state index contributed by atoms with van der Waals surface area (Å²) in [4.78, 5) is 24.4. The first-order chi connectivity index (χ1) is 12.5. The maximum Gasteiger partial charge on any atom is 0.268 e. The number of rotatable bonds is 5. The van der Waals surface area contributed by atoms with Crippen LogP contribution in [-0.2, 0) is 7.05 Å². The van der Waals surface area contributed by atoms with Crippen LogP contribution in [0.4, 0.5) is 0 Å². The van der Waals surface area contributed by atoms with E-state index in [0.717, 1.165) is 29.9 Å². The van der Waals surface area contributed by atoms with Crippen LogP contribution in [0.2, 0.25) is 0 Å². The summed E-state index contributed by atoms with van der Waals surface area (Å²) in [5.41, 5.74) is 2.05. The van der Waals surface area contributed by atoms with E-state index in [2.05, 4.69) is 5.32 Å². The van der Waals surface area contributed by atoms with Crippen LogP contribution in [0.5, 0.6) is 11.5 Å². The zero-order valence-corrected chi connectivity index (χ0v) is 15.0. The molecule has 0 unspecified atom stereocenters. The molecule has 1 aromatic carbocycles. The topological polar surface area (TPSA) is 69.6 Å². The van der Waals surface area contributed by atoms with E-state index in [0.29, 0.717) is 30.4 Å². The molecule has 1 aliphatic heterocycles. The van der Waals surface area contributed by atoms with E-state index in [4.69, 9.17) is 9.47 Å². The first-order valence-electron chi connectivity index (χ1n) is 8.90. The highest BCUT2D eigenvalue weighted by Crippen LogP contribution is 2.43. The van der Waals surface area contributed by atoms with Gasteiger partial charge in [-0.25, -0.2) is 0 Å². The van der Waals surface area contributed by atoms with Gasteiger partial charge in [0, 0.05) is 18.8 Å². The number of Topliss-reactive ketones (excluding diaryl/α,β-unsaturated/α-hetero) is 1. The molecule has 4 rings (SSSR count). The van der Waals surface area contributed by atoms with Crippen molar-refractivity contribution < 1.29 is 19.1 Å². The van der Waals surface area contributed by atoms with Crippen molar-refractivity contribution in [3.8, 4) is 11.5 Å². The van der Waals surface area contributed by atoms with Gasteiger partial charge < -0.3 is 19.4 Å². The number of carbonyl (C=O) groups is 2. The number of ether oxygens (including phenoxy) is 2. The monoisotopic (exact) mass is 354 g/mol. The Kier molecular flexibility index (Phi) is 4.18. The van der Waals surface area contributed by atoms with Gasteiger partial charge in [-0.1, -0.05) is 6.07 Å². The number of carbonyl (C=O) groups excluding carboxylic acids is 2. The molecule has 2 aliphatic rings. The third-order valence-electron chi connectivity index (χ3n) is 4.95. The molecule has 0 saturated heterocycles. The molecule has 6 heteroatoms. The lowest BCUT2D eigenvalue weighted by atomic mass is 10.0. The number of nitrogens with zero attached hydrogens (tertiary/aromatic N) is 1. The fourth-order valence-electron chi connectivity index (χ4n) is 3.35. The number of benzene rings is 1. The van der Waals surface area contributed by atoms with E-state index >= 15 is 0 Å². The maximum atomic E-state index is 12.8. The van der Waals surface area contributed by atoms with Crippen molar-refractivity contribution in [1.82, 2.24) is 9.88 Å². The number of aromatic nitrogens is 1. The third kappa shape index (κ3) is 3.19. The lowest BCUT2D eigenvalue weighted by molar-refractivity contribution is 0.0923. The van der Waals surface area contributed by atoms with Crippen molar-refractivity contribution in [3.05, 3.63) is 47.3 Å². The average Bonchev–Trinajstić information content (AvgIpc) is 3.40. The average molecular weight is 354 g/mol. The summed E-state index contributed by atoms with van der Waals surface area (Å²) in [6, 6.07) is 7.42. The molecule has 1 aliphatic carbocycles. The minimum absolute atomic E-state index is 0.0507. The smallest absolute Gasteiger partial charge is 0.268 e. The highest BCUT2D eigenvalue weighted by atomic mass is 16.6. The second kappa shape index (κ2) is 6.52. The fourth-order valence-corrected chi connectivity index (χ4v) is 3.35. The van der Waals surface area contributed by atoms with Crippen LogP contribution in [0, 0.1) is 5.92 Å². The number of aryl methyl sites for hydroxylation is 1. The molecule has 0 radical (unpaired) electrons. The molecular weight excluding hydrogens is 332 g/mol. The highest BCUT2D eigenvalue weighted by Gasteiger charge is 2.34. The largest absolute Gasteiger partial charge is 0.486 e. The van der Waals surface area contributed by atoms with E-state index in [9.17, 15) is 9.59 Å². The standard InChI is InChI=1S/C20H22N2O4/c1-12(23)15-9-16(22(2)11-15)20(24)21-19(13-3-4-13)14-5-6-17-18(10-14)26-8-7-25-17/h5-6,9-11,13,19H,3-4,7-8H2,1-2H3,(H,21,24)/t19-/m1/s1. The van der Waals surface area contributed by atoms with Crippen LogP contribution in [0.25, 0.3) is 0 Å². The maximum absolute atomic E-state index is 12.8. The predicted molar refractivity (Wildman–Crippen MR) is 95.8 cm³/mol. The second-order valence-electron chi connectivity index (χ2n) is 6.97. The molecule has 1 N–H and O–H groups in total. The summed E-state index contributed by atoms with van der Waals surface area (Å²) in [7, 11) is 1.78. The molecule has 136 valence electrons. The van der Waals surface area contributed by atoms with Gasteiger partial charge in [-0.2, -0.15) is 0 Å². The normalized spacial score (nSPS) is 16.8. The Labute approximate surface area is 152 Å². The molecular formula is C20H22N2O4. The summed E-state index contributed by atoms with van der Waals surface area (Å²) in [5, 5.41) is 3.14. The molecule has 0 bridgehead atoms. The van der Waals surface area contributed by atoms with Gasteiger partial charge in [0.25, 0.3) is 5.91 Å². The summed E-state index contributed by atoms with van der Waals surface area (Å²) in [6.45, 7) is 2.59. The Bertz CT molecular complexity index is 867. The van der Waals surface area contributed by atoms with Gasteiger partial charge in [0.1, 0.15) is 18.9 Å². The zero-order chi connectivity index (χ0) is 18.3. The number of amides is 1. The zero-order valence-electron chi connectivity index (χ0n) is 15.0. The van der Waals surface area contributed by atoms with Crippen LogP contribution in [0.15, 0.2) is 30.5 Å². The van der Waals surface area contributed by atoms with Crippen LogP contribution >= 0.6 is 0 Å². The first-order valence-corrected chi connectivity index (χ1v) is 8.90. The van der Waals surface area contributed by atoms with Crippen LogP contribution in [0.1, 0.15) is 52.2 Å². The molecule has 1 saturated carbocycles. The third-order valence-corrected chi connectivity index (χ3v) is 4.95. The molecule has 2 heterocycles. The van der Waals surface area contributed by atoms with Gasteiger partial charge in [-0.05, 0) is 49.4 Å². The van der Waals surface area contributed by atoms with Crippen molar-refractivity contribution in [2.45, 2.75) is 25.8 Å². The van der Waals surface area contributed by atoms with E-state index in [1.807, 2.05) is 18.2 Å². The number of hydrogen-bond donors (Lipinski definition) is 1. The van der Waals surface area contributed by atoms with E-state index in [1.165, 1.54) is 6.92 Å². The van der Waals surface area contributed by atoms with Crippen LogP contribution in [0.3, 0.4) is 0 Å². The van der Waals surface area contributed by atoms with Gasteiger partial charge in [0.05, 0.1) is 6.04 Å². The SMILES string of the molecule is CC(=O)c1cc(C(=O)N[C@@H](c2ccc3c(c2)OCCO3)C2CC2)n(C)c1. The molecule has 6 nitrogen and oxygen atoms in total. The summed E-state index contributed by atoms with van der Waals surface area (Å²) in [6.07, 6.45) is 3.86. The minimum Gasteiger partial charge on any atom is -0.486 e. The number of fused-ring (bicyclic) bond motifs is 1. The van der Waals surface area contributed by atoms with Crippen molar-refractivity contribution in [2.75, 3.05) is 13.2 Å². The van der Waals surface area contributed by atoms with E-state index in [-0.39, 0.29) is 17.7 Å². The molecule has 26 heavy (non-hydrogen) atoms. The van der Waals surface area contributed by atoms with Gasteiger partial charge in [0.2, 0.25) is 0 Å². The van der Waals surface area contributed by atoms with Crippen molar-refractivity contribution in [2.24, 2.45) is 13.0 Å². The molecule has 0 spiro atoms. The molecule has 1 fully saturated rings. The summed E-state index contributed by atoms with van der Waals surface area (Å²) >= 11 is 0. The van der Waals surface area contributed by atoms with E-state index in [1.54, 1.807) is 23.9 Å². The van der Waals surface area contributed by atoms with Crippen molar-refractivity contribution in [3.63, 3.8) is 0 Å². The van der Waals surface area contributed by atoms with Gasteiger partial charge in [-0.15, -0.1) is 0 Å². The summed E-state index contributed by atoms with van der Waals surface area (Å²) < 4.78 is 12.9. The quantitative estimate of drug-likeness (QED) is 0.838. The van der Waals surface area contributed by atoms with Crippen LogP contribution in [-0.4, -0.2) is 29.5 Å². The Hall–Kier alpha value is -2.76. The Morgan fingerprint density at radius 1 is 1.15 bits per heavy atom. The summed E-state index contributed by atoms with van der Waals surface area (Å²) in [5.74, 6) is 1.67. The van der Waals surface area contributed by atoms with Crippen LogP contribution < -0.4 is 14.8 Å². The Balaban J connectivity index is 1.58.